The number of anilines is 2. The Hall–Kier alpha value is -3.32. The number of hydrogen-bond acceptors (Lipinski definition) is 3. The van der Waals surface area contributed by atoms with E-state index in [0.717, 1.165) is 16.8 Å². The Bertz CT molecular complexity index is 931. The summed E-state index contributed by atoms with van der Waals surface area (Å²) < 4.78 is 0. The van der Waals surface area contributed by atoms with Gasteiger partial charge in [-0.05, 0) is 35.0 Å². The van der Waals surface area contributed by atoms with Crippen LogP contribution in [-0.4, -0.2) is 26.0 Å². The van der Waals surface area contributed by atoms with Crippen LogP contribution in [0.15, 0.2) is 72.8 Å². The molecule has 3 aromatic carbocycles. The fraction of sp³-hybridized carbons (Fsp3) is 0.182. The Balaban J connectivity index is 1.78. The second kappa shape index (κ2) is 8.17. The largest absolute Gasteiger partial charge is 0.365 e. The maximum absolute atomic E-state index is 12.9. The number of benzene rings is 3. The molecular formula is C22H21N3O. The van der Waals surface area contributed by atoms with Crippen molar-refractivity contribution in [3.8, 4) is 6.07 Å². The molecule has 130 valence electrons. The van der Waals surface area contributed by atoms with Crippen LogP contribution in [0.25, 0.3) is 10.8 Å². The molecule has 0 aliphatic carbocycles. The van der Waals surface area contributed by atoms with Gasteiger partial charge >= 0.3 is 0 Å². The lowest BCUT2D eigenvalue weighted by Crippen LogP contribution is -2.39. The summed E-state index contributed by atoms with van der Waals surface area (Å²) in [5.74, 6) is -0.0258. The molecule has 3 aromatic rings. The number of fused-ring (bicyclic) bond motifs is 1. The normalized spacial score (nSPS) is 10.3. The molecular weight excluding hydrogens is 322 g/mol. The Morgan fingerprint density at radius 2 is 1.62 bits per heavy atom. The molecule has 0 bridgehead atoms. The highest BCUT2D eigenvalue weighted by Gasteiger charge is 2.17. The molecule has 0 radical (unpaired) electrons. The lowest BCUT2D eigenvalue weighted by molar-refractivity contribution is -0.117. The van der Waals surface area contributed by atoms with Gasteiger partial charge in [0.2, 0.25) is 5.91 Å². The smallest absolute Gasteiger partial charge is 0.246 e. The van der Waals surface area contributed by atoms with Crippen LogP contribution < -0.4 is 9.80 Å². The Morgan fingerprint density at radius 1 is 0.923 bits per heavy atom. The molecule has 0 aromatic heterocycles. The molecule has 0 saturated carbocycles. The van der Waals surface area contributed by atoms with Crippen LogP contribution in [-0.2, 0) is 4.79 Å². The minimum Gasteiger partial charge on any atom is -0.365 e. The number of carbonyl (C=O) groups is 1. The maximum Gasteiger partial charge on any atom is 0.246 e. The maximum atomic E-state index is 12.9. The van der Waals surface area contributed by atoms with Crippen LogP contribution in [0.2, 0.25) is 0 Å². The molecule has 0 aliphatic heterocycles. The molecule has 4 heteroatoms. The predicted octanol–water partition coefficient (Wildman–Crippen LogP) is 4.22. The van der Waals surface area contributed by atoms with E-state index in [1.54, 1.807) is 4.90 Å². The van der Waals surface area contributed by atoms with E-state index in [2.05, 4.69) is 30.3 Å². The first-order chi connectivity index (χ1) is 12.7. The second-order valence-corrected chi connectivity index (χ2v) is 6.18. The number of nitriles is 1. The zero-order valence-corrected chi connectivity index (χ0v) is 14.8. The van der Waals surface area contributed by atoms with Gasteiger partial charge in [0, 0.05) is 25.0 Å². The van der Waals surface area contributed by atoms with E-state index in [1.165, 1.54) is 5.39 Å². The molecule has 0 heterocycles. The average molecular weight is 343 g/mol. The lowest BCUT2D eigenvalue weighted by atomic mass is 10.1. The Morgan fingerprint density at radius 3 is 2.35 bits per heavy atom. The van der Waals surface area contributed by atoms with E-state index in [4.69, 9.17) is 5.26 Å². The molecule has 0 saturated heterocycles. The van der Waals surface area contributed by atoms with Crippen LogP contribution in [0.5, 0.6) is 0 Å². The number of amides is 1. The molecule has 4 nitrogen and oxygen atoms in total. The van der Waals surface area contributed by atoms with Crippen molar-refractivity contribution in [2.45, 2.75) is 6.42 Å². The van der Waals surface area contributed by atoms with Crippen LogP contribution in [0.4, 0.5) is 11.4 Å². The summed E-state index contributed by atoms with van der Waals surface area (Å²) in [5.41, 5.74) is 1.81. The quantitative estimate of drug-likeness (QED) is 0.673. The molecule has 1 amide bonds. The minimum atomic E-state index is -0.0258. The highest BCUT2D eigenvalue weighted by molar-refractivity contribution is 5.97. The predicted molar refractivity (Wildman–Crippen MR) is 106 cm³/mol. The van der Waals surface area contributed by atoms with E-state index >= 15 is 0 Å². The second-order valence-electron chi connectivity index (χ2n) is 6.18. The van der Waals surface area contributed by atoms with Crippen LogP contribution in [0.3, 0.4) is 0 Å². The summed E-state index contributed by atoms with van der Waals surface area (Å²) in [7, 11) is 1.91. The van der Waals surface area contributed by atoms with Crippen molar-refractivity contribution in [3.05, 3.63) is 72.8 Å². The van der Waals surface area contributed by atoms with Crippen molar-refractivity contribution in [2.24, 2.45) is 0 Å². The fourth-order valence-corrected chi connectivity index (χ4v) is 2.96. The van der Waals surface area contributed by atoms with Gasteiger partial charge < -0.3 is 9.80 Å². The third-order valence-electron chi connectivity index (χ3n) is 4.36. The summed E-state index contributed by atoms with van der Waals surface area (Å²) in [6, 6.07) is 26.0. The fourth-order valence-electron chi connectivity index (χ4n) is 2.96. The number of likely N-dealkylation sites (N-methyl/N-ethyl adjacent to an activating group) is 1. The van der Waals surface area contributed by atoms with E-state index < -0.39 is 0 Å². The van der Waals surface area contributed by atoms with Gasteiger partial charge in [0.05, 0.1) is 19.0 Å². The SMILES string of the molecule is CN(CC(=O)N(CCC#N)c1ccccc1)c1ccc2ccccc2c1. The first-order valence-corrected chi connectivity index (χ1v) is 8.61. The van der Waals surface area contributed by atoms with E-state index in [-0.39, 0.29) is 12.5 Å². The molecule has 0 spiro atoms. The molecule has 0 unspecified atom stereocenters. The van der Waals surface area contributed by atoms with Gasteiger partial charge in [-0.25, -0.2) is 0 Å². The van der Waals surface area contributed by atoms with Gasteiger partial charge in [0.15, 0.2) is 0 Å². The number of para-hydroxylation sites is 1. The zero-order chi connectivity index (χ0) is 18.4. The van der Waals surface area contributed by atoms with Gasteiger partial charge in [0.1, 0.15) is 0 Å². The molecule has 0 atom stereocenters. The molecule has 26 heavy (non-hydrogen) atoms. The average Bonchev–Trinajstić information content (AvgIpc) is 2.68. The zero-order valence-electron chi connectivity index (χ0n) is 14.8. The van der Waals surface area contributed by atoms with Gasteiger partial charge in [0.25, 0.3) is 0 Å². The van der Waals surface area contributed by atoms with Crippen molar-refractivity contribution >= 4 is 28.1 Å². The summed E-state index contributed by atoms with van der Waals surface area (Å²) >= 11 is 0. The Labute approximate surface area is 153 Å². The standard InChI is InChI=1S/C22H21N3O/c1-24(21-13-12-18-8-5-6-9-19(18)16-21)17-22(26)25(15-7-14-23)20-10-3-2-4-11-20/h2-6,8-13,16H,7,15,17H2,1H3. The van der Waals surface area contributed by atoms with E-state index in [0.29, 0.717) is 13.0 Å². The topological polar surface area (TPSA) is 47.3 Å². The molecule has 3 rings (SSSR count). The lowest BCUT2D eigenvalue weighted by Gasteiger charge is -2.26. The van der Waals surface area contributed by atoms with Crippen LogP contribution in [0.1, 0.15) is 6.42 Å². The highest BCUT2D eigenvalue weighted by atomic mass is 16.2. The monoisotopic (exact) mass is 343 g/mol. The van der Waals surface area contributed by atoms with E-state index in [1.807, 2.05) is 60.5 Å². The first-order valence-electron chi connectivity index (χ1n) is 8.61. The summed E-state index contributed by atoms with van der Waals surface area (Å²) in [4.78, 5) is 16.5. The molecule has 0 N–H and O–H groups in total. The van der Waals surface area contributed by atoms with Crippen molar-refractivity contribution in [3.63, 3.8) is 0 Å². The number of rotatable bonds is 6. The van der Waals surface area contributed by atoms with Gasteiger partial charge in [-0.3, -0.25) is 4.79 Å². The summed E-state index contributed by atoms with van der Waals surface area (Å²) in [6.07, 6.45) is 0.306. The summed E-state index contributed by atoms with van der Waals surface area (Å²) in [6.45, 7) is 0.642. The number of carbonyl (C=O) groups excluding carboxylic acids is 1. The molecule has 0 aliphatic rings. The van der Waals surface area contributed by atoms with Gasteiger partial charge in [-0.15, -0.1) is 0 Å². The molecule has 0 fully saturated rings. The minimum absolute atomic E-state index is 0.0258. The van der Waals surface area contributed by atoms with Crippen molar-refractivity contribution < 1.29 is 4.79 Å². The third-order valence-corrected chi connectivity index (χ3v) is 4.36. The van der Waals surface area contributed by atoms with Crippen molar-refractivity contribution in [2.75, 3.05) is 29.9 Å². The highest BCUT2D eigenvalue weighted by Crippen LogP contribution is 2.22. The van der Waals surface area contributed by atoms with E-state index in [9.17, 15) is 4.79 Å². The number of nitrogens with zero attached hydrogens (tertiary/aromatic N) is 3. The Kier molecular flexibility index (Phi) is 5.50. The first kappa shape index (κ1) is 17.5. The van der Waals surface area contributed by atoms with Gasteiger partial charge in [-0.2, -0.15) is 5.26 Å². The van der Waals surface area contributed by atoms with Gasteiger partial charge in [-0.1, -0.05) is 48.5 Å². The summed E-state index contributed by atoms with van der Waals surface area (Å²) in [5, 5.41) is 11.2. The van der Waals surface area contributed by atoms with Crippen molar-refractivity contribution in [1.29, 1.82) is 5.26 Å². The van der Waals surface area contributed by atoms with Crippen LogP contribution >= 0.6 is 0 Å². The number of hydrogen-bond donors (Lipinski definition) is 0. The van der Waals surface area contributed by atoms with Crippen LogP contribution in [0, 0.1) is 11.3 Å². The third kappa shape index (κ3) is 4.01. The van der Waals surface area contributed by atoms with Crippen molar-refractivity contribution in [1.82, 2.24) is 0 Å².